The van der Waals surface area contributed by atoms with Crippen LogP contribution in [-0.4, -0.2) is 23.7 Å². The highest BCUT2D eigenvalue weighted by atomic mass is 32.1. The van der Waals surface area contributed by atoms with Crippen LogP contribution >= 0.6 is 12.2 Å². The molecule has 1 fully saturated rings. The number of alkyl halides is 3. The third-order valence-electron chi connectivity index (χ3n) is 4.66. The number of carbonyl (C=O) groups excluding carboxylic acids is 1. The van der Waals surface area contributed by atoms with E-state index in [1.165, 1.54) is 13.2 Å². The molecule has 1 saturated heterocycles. The van der Waals surface area contributed by atoms with Crippen LogP contribution in [0.1, 0.15) is 19.4 Å². The Bertz CT molecular complexity index is 1030. The highest BCUT2D eigenvalue weighted by molar-refractivity contribution is 7.81. The van der Waals surface area contributed by atoms with E-state index < -0.39 is 28.9 Å². The van der Waals surface area contributed by atoms with E-state index in [1.54, 1.807) is 43.0 Å². The fraction of sp³-hybridized carbons (Fsp3) is 0.250. The molecule has 1 aliphatic rings. The minimum absolute atomic E-state index is 0.0381. The number of hydrogen-bond donors (Lipinski definition) is 0. The topological polar surface area (TPSA) is 37.1 Å². The van der Waals surface area contributed by atoms with E-state index in [1.807, 2.05) is 0 Å². The molecule has 1 heterocycles. The number of ether oxygens (including phenoxy) is 1. The first-order chi connectivity index (χ1) is 13.5. The molecule has 3 rings (SSSR count). The molecule has 2 aromatic rings. The van der Waals surface area contributed by atoms with Crippen LogP contribution in [0.4, 0.5) is 30.2 Å². The summed E-state index contributed by atoms with van der Waals surface area (Å²) < 4.78 is 45.2. The van der Waals surface area contributed by atoms with Gasteiger partial charge in [0.05, 0.1) is 19.2 Å². The van der Waals surface area contributed by atoms with Gasteiger partial charge in [0.1, 0.15) is 11.3 Å². The summed E-state index contributed by atoms with van der Waals surface area (Å²) in [4.78, 5) is 18.7. The van der Waals surface area contributed by atoms with Crippen molar-refractivity contribution in [2.75, 3.05) is 16.9 Å². The van der Waals surface area contributed by atoms with Crippen molar-refractivity contribution >= 4 is 40.3 Å². The average molecular weight is 419 g/mol. The number of rotatable bonds is 3. The lowest BCUT2D eigenvalue weighted by Gasteiger charge is -2.29. The largest absolute Gasteiger partial charge is 0.497 e. The van der Waals surface area contributed by atoms with Gasteiger partial charge in [-0.2, -0.15) is 13.2 Å². The second-order valence-electron chi connectivity index (χ2n) is 6.83. The Balaban J connectivity index is 2.09. The van der Waals surface area contributed by atoms with Crippen LogP contribution in [0.15, 0.2) is 42.5 Å². The Hall–Kier alpha value is -3.12. The molecule has 0 atom stereocenters. The van der Waals surface area contributed by atoms with Crippen molar-refractivity contribution in [1.29, 1.82) is 0 Å². The van der Waals surface area contributed by atoms with Gasteiger partial charge in [0.15, 0.2) is 10.8 Å². The Kier molecular flexibility index (Phi) is 5.01. The van der Waals surface area contributed by atoms with E-state index >= 15 is 0 Å². The van der Waals surface area contributed by atoms with Gasteiger partial charge in [0, 0.05) is 11.4 Å². The summed E-state index contributed by atoms with van der Waals surface area (Å²) in [6.07, 6.45) is -4.73. The number of thiocarbonyl (C=S) groups is 1. The van der Waals surface area contributed by atoms with Crippen LogP contribution in [0, 0.1) is 6.57 Å². The van der Waals surface area contributed by atoms with E-state index in [9.17, 15) is 18.0 Å². The fourth-order valence-electron chi connectivity index (χ4n) is 3.18. The third kappa shape index (κ3) is 3.40. The lowest BCUT2D eigenvalue weighted by Crippen LogP contribution is -2.44. The van der Waals surface area contributed by atoms with E-state index in [2.05, 4.69) is 4.85 Å². The van der Waals surface area contributed by atoms with Gasteiger partial charge in [0.25, 0.3) is 5.91 Å². The van der Waals surface area contributed by atoms with Gasteiger partial charge in [-0.3, -0.25) is 9.69 Å². The van der Waals surface area contributed by atoms with Crippen molar-refractivity contribution < 1.29 is 22.7 Å². The third-order valence-corrected chi connectivity index (χ3v) is 5.03. The number of methoxy groups -OCH3 is 1. The van der Waals surface area contributed by atoms with E-state index in [-0.39, 0.29) is 10.8 Å². The lowest BCUT2D eigenvalue weighted by molar-refractivity contribution is -0.136. The smallest absolute Gasteiger partial charge is 0.407 e. The number of amides is 1. The Morgan fingerprint density at radius 1 is 1.10 bits per heavy atom. The van der Waals surface area contributed by atoms with Crippen LogP contribution in [-0.2, 0) is 11.0 Å². The molecule has 0 N–H and O–H groups in total. The molecule has 2 aromatic carbocycles. The van der Waals surface area contributed by atoms with Gasteiger partial charge in [0.2, 0.25) is 0 Å². The first-order valence-corrected chi connectivity index (χ1v) is 8.84. The molecule has 150 valence electrons. The summed E-state index contributed by atoms with van der Waals surface area (Å²) in [7, 11) is 1.52. The summed E-state index contributed by atoms with van der Waals surface area (Å²) in [5, 5.41) is 0.0499. The molecule has 0 unspecified atom stereocenters. The highest BCUT2D eigenvalue weighted by Gasteiger charge is 2.50. The summed E-state index contributed by atoms with van der Waals surface area (Å²) in [6, 6.07) is 9.95. The minimum atomic E-state index is -4.73. The molecule has 5 nitrogen and oxygen atoms in total. The number of anilines is 2. The maximum atomic E-state index is 13.4. The number of benzene rings is 2. The van der Waals surface area contributed by atoms with Crippen molar-refractivity contribution in [3.05, 3.63) is 59.4 Å². The Morgan fingerprint density at radius 2 is 1.69 bits per heavy atom. The SMILES string of the molecule is [C-]#[N+]c1ccc(N2C(=O)C(C)(C)N(c3ccc(OC)cc3)C2=S)cc1C(F)(F)F. The second kappa shape index (κ2) is 7.04. The number of halogens is 3. The Morgan fingerprint density at radius 3 is 2.21 bits per heavy atom. The van der Waals surface area contributed by atoms with Crippen LogP contribution < -0.4 is 14.5 Å². The van der Waals surface area contributed by atoms with Gasteiger partial charge >= 0.3 is 6.18 Å². The van der Waals surface area contributed by atoms with Gasteiger partial charge < -0.3 is 9.64 Å². The van der Waals surface area contributed by atoms with Crippen molar-refractivity contribution in [3.63, 3.8) is 0 Å². The molecule has 0 aliphatic carbocycles. The zero-order chi connectivity index (χ0) is 21.6. The first kappa shape index (κ1) is 20.6. The molecular formula is C20H16F3N3O2S. The second-order valence-corrected chi connectivity index (χ2v) is 7.19. The van der Waals surface area contributed by atoms with Crippen LogP contribution in [0.5, 0.6) is 5.75 Å². The first-order valence-electron chi connectivity index (χ1n) is 8.44. The highest BCUT2D eigenvalue weighted by Crippen LogP contribution is 2.42. The maximum absolute atomic E-state index is 13.4. The minimum Gasteiger partial charge on any atom is -0.497 e. The maximum Gasteiger partial charge on any atom is 0.407 e. The quantitative estimate of drug-likeness (QED) is 0.507. The van der Waals surface area contributed by atoms with Crippen LogP contribution in [0.2, 0.25) is 0 Å². The van der Waals surface area contributed by atoms with Crippen LogP contribution in [0.3, 0.4) is 0 Å². The molecular weight excluding hydrogens is 403 g/mol. The number of hydrogen-bond acceptors (Lipinski definition) is 3. The van der Waals surface area contributed by atoms with E-state index in [0.29, 0.717) is 11.4 Å². The van der Waals surface area contributed by atoms with Crippen molar-refractivity contribution in [2.45, 2.75) is 25.6 Å². The predicted molar refractivity (Wildman–Crippen MR) is 107 cm³/mol. The van der Waals surface area contributed by atoms with Gasteiger partial charge in [-0.25, -0.2) is 4.85 Å². The fourth-order valence-corrected chi connectivity index (χ4v) is 3.70. The normalized spacial score (nSPS) is 16.2. The summed E-state index contributed by atoms with van der Waals surface area (Å²) in [5.74, 6) is 0.145. The standard InChI is InChI=1S/C20H16F3N3O2S/c1-19(2)17(27)25(13-7-10-16(24-3)15(11-13)20(21,22)23)18(29)26(19)12-5-8-14(28-4)9-6-12/h5-11H,1-2,4H3. The van der Waals surface area contributed by atoms with Gasteiger partial charge in [-0.05, 0) is 62.5 Å². The van der Waals surface area contributed by atoms with Gasteiger partial charge in [-0.15, -0.1) is 0 Å². The van der Waals surface area contributed by atoms with Crippen molar-refractivity contribution in [2.24, 2.45) is 0 Å². The molecule has 0 bridgehead atoms. The molecule has 9 heteroatoms. The molecule has 1 amide bonds. The van der Waals surface area contributed by atoms with E-state index in [0.717, 1.165) is 17.0 Å². The number of carbonyl (C=O) groups is 1. The van der Waals surface area contributed by atoms with Crippen molar-refractivity contribution in [1.82, 2.24) is 0 Å². The van der Waals surface area contributed by atoms with Gasteiger partial charge in [-0.1, -0.05) is 6.07 Å². The molecule has 0 spiro atoms. The molecule has 1 aliphatic heterocycles. The number of nitrogens with zero attached hydrogens (tertiary/aromatic N) is 3. The summed E-state index contributed by atoms with van der Waals surface area (Å²) >= 11 is 5.47. The lowest BCUT2D eigenvalue weighted by atomic mass is 10.0. The van der Waals surface area contributed by atoms with E-state index in [4.69, 9.17) is 23.5 Å². The summed E-state index contributed by atoms with van der Waals surface area (Å²) in [5.41, 5.74) is -2.21. The predicted octanol–water partition coefficient (Wildman–Crippen LogP) is 5.18. The molecule has 29 heavy (non-hydrogen) atoms. The molecule has 0 radical (unpaired) electrons. The molecule has 0 saturated carbocycles. The summed E-state index contributed by atoms with van der Waals surface area (Å²) in [6.45, 7) is 10.3. The Labute approximate surface area is 171 Å². The monoisotopic (exact) mass is 419 g/mol. The molecule has 0 aromatic heterocycles. The van der Waals surface area contributed by atoms with Crippen molar-refractivity contribution in [3.8, 4) is 5.75 Å². The van der Waals surface area contributed by atoms with Crippen LogP contribution in [0.25, 0.3) is 4.85 Å². The average Bonchev–Trinajstić information content (AvgIpc) is 2.85. The zero-order valence-electron chi connectivity index (χ0n) is 15.7. The zero-order valence-corrected chi connectivity index (χ0v) is 16.6.